The molecular weight excluding hydrogens is 117 g/mol. The van der Waals surface area contributed by atoms with Crippen molar-refractivity contribution >= 4 is 8.25 Å². The standard InChI is InChI=1S/C2H7N.HO3P/c1-2-3;1-4(2)3/h2-3H2,1H3;(H-,1,2,3)/p+1. The van der Waals surface area contributed by atoms with Crippen LogP contribution in [-0.2, 0) is 4.57 Å². The van der Waals surface area contributed by atoms with Gasteiger partial charge in [0, 0.05) is 4.57 Å². The van der Waals surface area contributed by atoms with Gasteiger partial charge >= 0.3 is 8.25 Å². The Hall–Kier alpha value is -0.0200. The van der Waals surface area contributed by atoms with Crippen LogP contribution in [0.15, 0.2) is 0 Å². The summed E-state index contributed by atoms with van der Waals surface area (Å²) in [6.07, 6.45) is 0. The predicted molar refractivity (Wildman–Crippen MR) is 26.8 cm³/mol. The lowest BCUT2D eigenvalue weighted by Gasteiger charge is -1.53. The second-order valence-electron chi connectivity index (χ2n) is 0.661. The average Bonchev–Trinajstić information content (AvgIpc) is 1.33. The second-order valence-corrected chi connectivity index (χ2v) is 1.17. The van der Waals surface area contributed by atoms with Gasteiger partial charge in [-0.3, -0.25) is 0 Å². The molecule has 0 heterocycles. The molecule has 0 aromatic rings. The summed E-state index contributed by atoms with van der Waals surface area (Å²) in [6.45, 7) is 2.65. The van der Waals surface area contributed by atoms with Crippen molar-refractivity contribution in [1.29, 1.82) is 0 Å². The van der Waals surface area contributed by atoms with Crippen LogP contribution < -0.4 is 5.73 Å². The van der Waals surface area contributed by atoms with Gasteiger partial charge in [-0.15, -0.1) is 9.79 Å². The van der Waals surface area contributed by atoms with Crippen LogP contribution in [0, 0.1) is 0 Å². The molecule has 0 spiro atoms. The third kappa shape index (κ3) is 237000. The summed E-state index contributed by atoms with van der Waals surface area (Å²) >= 11 is 0. The predicted octanol–water partition coefficient (Wildman–Crippen LogP) is -0.407. The Morgan fingerprint density at radius 2 is 1.71 bits per heavy atom. The number of hydrogen-bond donors (Lipinski definition) is 3. The van der Waals surface area contributed by atoms with Gasteiger partial charge in [-0.2, -0.15) is 0 Å². The molecule has 0 saturated heterocycles. The SMILES string of the molecule is CCN.O=[P+](O)O. The fourth-order valence-corrected chi connectivity index (χ4v) is 0. The summed E-state index contributed by atoms with van der Waals surface area (Å²) in [4.78, 5) is 14.2. The molecule has 44 valence electrons. The minimum absolute atomic E-state index is 0.750. The topological polar surface area (TPSA) is 83.6 Å². The van der Waals surface area contributed by atoms with Gasteiger partial charge < -0.3 is 5.73 Å². The third-order valence-corrected chi connectivity index (χ3v) is 0. The normalized spacial score (nSPS) is 6.29. The summed E-state index contributed by atoms with van der Waals surface area (Å²) in [5.41, 5.74) is 4.85. The van der Waals surface area contributed by atoms with Crippen molar-refractivity contribution in [2.24, 2.45) is 5.73 Å². The van der Waals surface area contributed by atoms with Gasteiger partial charge in [0.15, 0.2) is 0 Å². The lowest BCUT2D eigenvalue weighted by molar-refractivity contribution is 0.405. The van der Waals surface area contributed by atoms with Crippen LogP contribution in [0.5, 0.6) is 0 Å². The van der Waals surface area contributed by atoms with Crippen LogP contribution in [0.3, 0.4) is 0 Å². The maximum Gasteiger partial charge on any atom is 0.692 e. The molecule has 0 unspecified atom stereocenters. The van der Waals surface area contributed by atoms with Gasteiger partial charge in [0.25, 0.3) is 0 Å². The van der Waals surface area contributed by atoms with E-state index >= 15 is 0 Å². The van der Waals surface area contributed by atoms with E-state index < -0.39 is 8.25 Å². The smallest absolute Gasteiger partial charge is 0.331 e. The molecule has 4 N–H and O–H groups in total. The molecule has 0 aromatic carbocycles. The van der Waals surface area contributed by atoms with Crippen LogP contribution in [-0.4, -0.2) is 16.3 Å². The molecule has 0 amide bonds. The maximum atomic E-state index is 8.70. The van der Waals surface area contributed by atoms with Gasteiger partial charge in [-0.05, 0) is 6.54 Å². The van der Waals surface area contributed by atoms with Crippen LogP contribution in [0.1, 0.15) is 6.92 Å². The molecule has 0 fully saturated rings. The zero-order valence-corrected chi connectivity index (χ0v) is 4.93. The zero-order chi connectivity index (χ0) is 6.28. The van der Waals surface area contributed by atoms with E-state index in [1.165, 1.54) is 0 Å². The van der Waals surface area contributed by atoms with Gasteiger partial charge in [-0.1, -0.05) is 6.92 Å². The van der Waals surface area contributed by atoms with Crippen LogP contribution in [0.2, 0.25) is 0 Å². The number of rotatable bonds is 0. The maximum absolute atomic E-state index is 8.70. The first kappa shape index (κ1) is 10.1. The van der Waals surface area contributed by atoms with E-state index in [0.29, 0.717) is 0 Å². The molecule has 0 rings (SSSR count). The van der Waals surface area contributed by atoms with Crippen molar-refractivity contribution in [3.63, 3.8) is 0 Å². The van der Waals surface area contributed by atoms with E-state index in [1.54, 1.807) is 0 Å². The van der Waals surface area contributed by atoms with E-state index in [0.717, 1.165) is 6.54 Å². The zero-order valence-electron chi connectivity index (χ0n) is 4.03. The van der Waals surface area contributed by atoms with Gasteiger partial charge in [0.1, 0.15) is 0 Å². The largest absolute Gasteiger partial charge is 0.692 e. The van der Waals surface area contributed by atoms with Crippen molar-refractivity contribution < 1.29 is 14.4 Å². The third-order valence-electron chi connectivity index (χ3n) is 0. The highest BCUT2D eigenvalue weighted by Crippen LogP contribution is 1.98. The molecule has 0 atom stereocenters. The Balaban J connectivity index is 0. The van der Waals surface area contributed by atoms with Crippen LogP contribution >= 0.6 is 8.25 Å². The van der Waals surface area contributed by atoms with Crippen molar-refractivity contribution in [3.05, 3.63) is 0 Å². The monoisotopic (exact) mass is 126 g/mol. The van der Waals surface area contributed by atoms with E-state index in [4.69, 9.17) is 20.1 Å². The lowest BCUT2D eigenvalue weighted by atomic mass is 10.8. The Morgan fingerprint density at radius 1 is 1.71 bits per heavy atom. The van der Waals surface area contributed by atoms with Gasteiger partial charge in [0.05, 0.1) is 0 Å². The summed E-state index contributed by atoms with van der Waals surface area (Å²) < 4.78 is 8.70. The molecule has 0 aromatic heterocycles. The minimum atomic E-state index is -2.87. The van der Waals surface area contributed by atoms with Crippen molar-refractivity contribution in [2.45, 2.75) is 6.92 Å². The highest BCUT2D eigenvalue weighted by molar-refractivity contribution is 7.30. The van der Waals surface area contributed by atoms with Crippen LogP contribution in [0.4, 0.5) is 0 Å². The molecule has 0 radical (unpaired) electrons. The molecule has 0 aliphatic heterocycles. The molecule has 0 bridgehead atoms. The molecule has 0 aliphatic carbocycles. The highest BCUT2D eigenvalue weighted by Gasteiger charge is 1.93. The Labute approximate surface area is 42.9 Å². The van der Waals surface area contributed by atoms with E-state index in [-0.39, 0.29) is 0 Å². The van der Waals surface area contributed by atoms with Gasteiger partial charge in [-0.25, -0.2) is 0 Å². The van der Waals surface area contributed by atoms with Crippen molar-refractivity contribution in [1.82, 2.24) is 0 Å². The molecular formula is C2H9NO3P+. The first-order valence-corrected chi connectivity index (χ1v) is 2.86. The molecule has 0 saturated carbocycles. The molecule has 4 nitrogen and oxygen atoms in total. The molecule has 5 heteroatoms. The fourth-order valence-electron chi connectivity index (χ4n) is 0. The average molecular weight is 126 g/mol. The molecule has 7 heavy (non-hydrogen) atoms. The Kier molecular flexibility index (Phi) is 13.5. The Morgan fingerprint density at radius 3 is 1.71 bits per heavy atom. The number of hydrogen-bond acceptors (Lipinski definition) is 2. The van der Waals surface area contributed by atoms with Crippen molar-refractivity contribution in [2.75, 3.05) is 6.54 Å². The van der Waals surface area contributed by atoms with Crippen molar-refractivity contribution in [3.8, 4) is 0 Å². The summed E-state index contributed by atoms with van der Waals surface area (Å²) in [5, 5.41) is 0. The fraction of sp³-hybridized carbons (Fsp3) is 1.00. The quantitative estimate of drug-likeness (QED) is 0.385. The molecule has 0 aliphatic rings. The second kappa shape index (κ2) is 9.36. The first-order chi connectivity index (χ1) is 3.15. The summed E-state index contributed by atoms with van der Waals surface area (Å²) in [6, 6.07) is 0. The van der Waals surface area contributed by atoms with Gasteiger partial charge in [0.2, 0.25) is 0 Å². The van der Waals surface area contributed by atoms with Crippen LogP contribution in [0.25, 0.3) is 0 Å². The number of nitrogens with two attached hydrogens (primary N) is 1. The first-order valence-electron chi connectivity index (χ1n) is 1.70. The summed E-state index contributed by atoms with van der Waals surface area (Å²) in [5.74, 6) is 0. The van der Waals surface area contributed by atoms with E-state index in [9.17, 15) is 0 Å². The van der Waals surface area contributed by atoms with E-state index in [1.807, 2.05) is 6.92 Å². The lowest BCUT2D eigenvalue weighted by Crippen LogP contribution is -1.87. The Bertz CT molecular complexity index is 44.2. The summed E-state index contributed by atoms with van der Waals surface area (Å²) in [7, 11) is -2.87. The minimum Gasteiger partial charge on any atom is -0.331 e. The van der Waals surface area contributed by atoms with E-state index in [2.05, 4.69) is 0 Å². The highest BCUT2D eigenvalue weighted by atomic mass is 31.1.